The predicted molar refractivity (Wildman–Crippen MR) is 85.3 cm³/mol. The molecule has 0 spiro atoms. The van der Waals surface area contributed by atoms with Crippen molar-refractivity contribution in [1.82, 2.24) is 14.8 Å². The summed E-state index contributed by atoms with van der Waals surface area (Å²) < 4.78 is 2.03. The van der Waals surface area contributed by atoms with E-state index < -0.39 is 0 Å². The zero-order chi connectivity index (χ0) is 14.8. The molecule has 21 heavy (non-hydrogen) atoms. The molecule has 3 aromatic rings. The summed E-state index contributed by atoms with van der Waals surface area (Å²) in [6.45, 7) is 4.72. The number of rotatable bonds is 3. The lowest BCUT2D eigenvalue weighted by atomic mass is 10.2. The van der Waals surface area contributed by atoms with Crippen molar-refractivity contribution in [2.45, 2.75) is 20.4 Å². The summed E-state index contributed by atoms with van der Waals surface area (Å²) in [6.07, 6.45) is 5.85. The number of aromatic amines is 1. The second-order valence-electron chi connectivity index (χ2n) is 5.10. The van der Waals surface area contributed by atoms with Crippen LogP contribution in [0.1, 0.15) is 16.8 Å². The van der Waals surface area contributed by atoms with Crippen molar-refractivity contribution < 1.29 is 0 Å². The van der Waals surface area contributed by atoms with Gasteiger partial charge in [0.05, 0.1) is 6.20 Å². The van der Waals surface area contributed by atoms with E-state index in [9.17, 15) is 4.79 Å². The van der Waals surface area contributed by atoms with Crippen LogP contribution in [-0.4, -0.2) is 14.8 Å². The number of benzene rings is 1. The SMILES string of the molecule is Cc1c(C)n(C/C=C/c2ccccc2)c2c(=O)[nH]ncc12. The van der Waals surface area contributed by atoms with Gasteiger partial charge in [0.1, 0.15) is 5.52 Å². The zero-order valence-electron chi connectivity index (χ0n) is 12.1. The van der Waals surface area contributed by atoms with Crippen molar-refractivity contribution in [2.75, 3.05) is 0 Å². The summed E-state index contributed by atoms with van der Waals surface area (Å²) in [5.74, 6) is 0. The van der Waals surface area contributed by atoms with E-state index in [1.54, 1.807) is 6.20 Å². The van der Waals surface area contributed by atoms with Gasteiger partial charge in [-0.05, 0) is 25.0 Å². The lowest BCUT2D eigenvalue weighted by Gasteiger charge is -2.04. The molecule has 4 heteroatoms. The minimum absolute atomic E-state index is 0.142. The molecule has 0 bridgehead atoms. The maximum atomic E-state index is 12.0. The number of hydrogen-bond acceptors (Lipinski definition) is 2. The molecule has 1 aromatic carbocycles. The first-order chi connectivity index (χ1) is 10.2. The van der Waals surface area contributed by atoms with Gasteiger partial charge >= 0.3 is 0 Å². The lowest BCUT2D eigenvalue weighted by Crippen LogP contribution is -2.12. The number of fused-ring (bicyclic) bond motifs is 1. The number of hydrogen-bond donors (Lipinski definition) is 1. The fourth-order valence-corrected chi connectivity index (χ4v) is 2.59. The Morgan fingerprint density at radius 3 is 2.76 bits per heavy atom. The monoisotopic (exact) mass is 279 g/mol. The normalized spacial score (nSPS) is 11.5. The summed E-state index contributed by atoms with van der Waals surface area (Å²) in [6, 6.07) is 10.1. The summed E-state index contributed by atoms with van der Waals surface area (Å²) in [5, 5.41) is 7.32. The first-order valence-corrected chi connectivity index (χ1v) is 6.93. The van der Waals surface area contributed by atoms with Crippen molar-refractivity contribution in [3.8, 4) is 0 Å². The van der Waals surface area contributed by atoms with Crippen molar-refractivity contribution in [1.29, 1.82) is 0 Å². The van der Waals surface area contributed by atoms with E-state index in [-0.39, 0.29) is 5.56 Å². The van der Waals surface area contributed by atoms with E-state index in [0.717, 1.165) is 22.2 Å². The van der Waals surface area contributed by atoms with Gasteiger partial charge in [0, 0.05) is 17.6 Å². The Kier molecular flexibility index (Phi) is 3.44. The summed E-state index contributed by atoms with van der Waals surface area (Å²) in [7, 11) is 0. The average molecular weight is 279 g/mol. The quantitative estimate of drug-likeness (QED) is 0.801. The Balaban J connectivity index is 2.00. The molecule has 106 valence electrons. The van der Waals surface area contributed by atoms with Gasteiger partial charge in [0.2, 0.25) is 0 Å². The van der Waals surface area contributed by atoms with Crippen LogP contribution in [0.15, 0.2) is 47.4 Å². The second-order valence-corrected chi connectivity index (χ2v) is 5.10. The molecular weight excluding hydrogens is 262 g/mol. The van der Waals surface area contributed by atoms with E-state index in [2.05, 4.69) is 34.5 Å². The van der Waals surface area contributed by atoms with Crippen LogP contribution in [0.3, 0.4) is 0 Å². The van der Waals surface area contributed by atoms with E-state index >= 15 is 0 Å². The molecule has 0 unspecified atom stereocenters. The predicted octanol–water partition coefficient (Wildman–Crippen LogP) is 3.05. The van der Waals surface area contributed by atoms with Gasteiger partial charge in [-0.25, -0.2) is 5.10 Å². The van der Waals surface area contributed by atoms with Crippen LogP contribution in [0.2, 0.25) is 0 Å². The third-order valence-corrected chi connectivity index (χ3v) is 3.85. The number of aromatic nitrogens is 3. The molecule has 0 aliphatic carbocycles. The maximum absolute atomic E-state index is 12.0. The highest BCUT2D eigenvalue weighted by atomic mass is 16.1. The number of nitrogens with zero attached hydrogens (tertiary/aromatic N) is 2. The van der Waals surface area contributed by atoms with Gasteiger partial charge < -0.3 is 4.57 Å². The van der Waals surface area contributed by atoms with Gasteiger partial charge in [-0.2, -0.15) is 5.10 Å². The third-order valence-electron chi connectivity index (χ3n) is 3.85. The van der Waals surface area contributed by atoms with Crippen molar-refractivity contribution in [2.24, 2.45) is 0 Å². The molecule has 2 heterocycles. The lowest BCUT2D eigenvalue weighted by molar-refractivity contribution is 0.816. The van der Waals surface area contributed by atoms with Crippen molar-refractivity contribution in [3.63, 3.8) is 0 Å². The van der Waals surface area contributed by atoms with Gasteiger partial charge in [-0.15, -0.1) is 0 Å². The molecule has 0 aliphatic heterocycles. The fourth-order valence-electron chi connectivity index (χ4n) is 2.59. The van der Waals surface area contributed by atoms with Crippen LogP contribution in [0, 0.1) is 13.8 Å². The Morgan fingerprint density at radius 1 is 1.24 bits per heavy atom. The number of aryl methyl sites for hydroxylation is 1. The minimum atomic E-state index is -0.142. The van der Waals surface area contributed by atoms with Crippen LogP contribution in [0.4, 0.5) is 0 Å². The number of nitrogens with one attached hydrogen (secondary N) is 1. The van der Waals surface area contributed by atoms with Crippen LogP contribution < -0.4 is 5.56 Å². The molecule has 0 fully saturated rings. The smallest absolute Gasteiger partial charge is 0.288 e. The van der Waals surface area contributed by atoms with Crippen molar-refractivity contribution >= 4 is 17.0 Å². The van der Waals surface area contributed by atoms with E-state index in [1.807, 2.05) is 36.6 Å². The summed E-state index contributed by atoms with van der Waals surface area (Å²) in [5.41, 5.74) is 3.91. The van der Waals surface area contributed by atoms with E-state index in [0.29, 0.717) is 12.1 Å². The average Bonchev–Trinajstić information content (AvgIpc) is 2.75. The Labute approximate surface area is 122 Å². The van der Waals surface area contributed by atoms with Gasteiger partial charge in [-0.1, -0.05) is 42.5 Å². The van der Waals surface area contributed by atoms with Crippen LogP contribution in [-0.2, 0) is 6.54 Å². The highest BCUT2D eigenvalue weighted by Gasteiger charge is 2.12. The summed E-state index contributed by atoms with van der Waals surface area (Å²) >= 11 is 0. The molecule has 0 amide bonds. The first-order valence-electron chi connectivity index (χ1n) is 6.93. The molecule has 0 radical (unpaired) electrons. The zero-order valence-corrected chi connectivity index (χ0v) is 12.1. The molecule has 3 rings (SSSR count). The van der Waals surface area contributed by atoms with Gasteiger partial charge in [0.25, 0.3) is 5.56 Å². The van der Waals surface area contributed by atoms with Crippen LogP contribution in [0.25, 0.3) is 17.0 Å². The maximum Gasteiger partial charge on any atom is 0.288 e. The Hall–Kier alpha value is -2.62. The number of allylic oxidation sites excluding steroid dienone is 1. The molecule has 1 N–H and O–H groups in total. The number of H-pyrrole nitrogens is 1. The third kappa shape index (κ3) is 2.40. The Bertz CT molecular complexity index is 857. The molecule has 0 saturated carbocycles. The fraction of sp³-hybridized carbons (Fsp3) is 0.176. The minimum Gasteiger partial charge on any atom is -0.336 e. The molecule has 0 saturated heterocycles. The first kappa shape index (κ1) is 13.4. The van der Waals surface area contributed by atoms with Gasteiger partial charge in [-0.3, -0.25) is 4.79 Å². The molecular formula is C17H17N3O. The molecule has 0 atom stereocenters. The molecule has 4 nitrogen and oxygen atoms in total. The largest absolute Gasteiger partial charge is 0.336 e. The summed E-state index contributed by atoms with van der Waals surface area (Å²) in [4.78, 5) is 12.0. The van der Waals surface area contributed by atoms with Crippen molar-refractivity contribution in [3.05, 3.63) is 69.8 Å². The topological polar surface area (TPSA) is 50.7 Å². The van der Waals surface area contributed by atoms with E-state index in [4.69, 9.17) is 0 Å². The standard InChI is InChI=1S/C17H17N3O/c1-12-13(2)20(16-15(12)11-18-19-17(16)21)10-6-9-14-7-4-3-5-8-14/h3-9,11H,10H2,1-2H3,(H,19,21)/b9-6+. The van der Waals surface area contributed by atoms with Gasteiger partial charge in [0.15, 0.2) is 0 Å². The Morgan fingerprint density at radius 2 is 2.00 bits per heavy atom. The second kappa shape index (κ2) is 5.40. The highest BCUT2D eigenvalue weighted by molar-refractivity contribution is 5.83. The molecule has 0 aliphatic rings. The molecule has 2 aromatic heterocycles. The van der Waals surface area contributed by atoms with Crippen LogP contribution in [0.5, 0.6) is 0 Å². The van der Waals surface area contributed by atoms with E-state index in [1.165, 1.54) is 0 Å². The highest BCUT2D eigenvalue weighted by Crippen LogP contribution is 2.21. The van der Waals surface area contributed by atoms with Crippen LogP contribution >= 0.6 is 0 Å².